The first kappa shape index (κ1) is 24.0. The molecule has 0 aliphatic carbocycles. The Kier molecular flexibility index (Phi) is 7.03. The number of aromatic nitrogens is 2. The molecule has 1 aliphatic rings. The molecule has 3 aromatic rings. The maximum atomic E-state index is 13.8. The van der Waals surface area contributed by atoms with E-state index in [9.17, 15) is 22.0 Å². The Morgan fingerprint density at radius 1 is 1.06 bits per heavy atom. The first-order valence-corrected chi connectivity index (χ1v) is 12.3. The van der Waals surface area contributed by atoms with Gasteiger partial charge in [-0.05, 0) is 49.2 Å². The van der Waals surface area contributed by atoms with Crippen LogP contribution in [0.2, 0.25) is 0 Å². The SMILES string of the molecule is Cc1ccc(-c2noc(CCC(=O)N3CCCN(S(=O)(=O)c4ccc(F)cc4)CC3)n2)cc1F. The molecule has 0 saturated carbocycles. The summed E-state index contributed by atoms with van der Waals surface area (Å²) in [6.45, 7) is 2.74. The normalized spacial score (nSPS) is 15.3. The molecular weight excluding hydrogens is 466 g/mol. The summed E-state index contributed by atoms with van der Waals surface area (Å²) in [6.07, 6.45) is 0.818. The van der Waals surface area contributed by atoms with Gasteiger partial charge in [0.2, 0.25) is 27.6 Å². The number of rotatable bonds is 6. The zero-order valence-corrected chi connectivity index (χ0v) is 19.4. The molecular formula is C23H24F2N4O4S. The number of carbonyl (C=O) groups excluding carboxylic acids is 1. The molecule has 34 heavy (non-hydrogen) atoms. The Hall–Kier alpha value is -3.18. The molecule has 2 aromatic carbocycles. The van der Waals surface area contributed by atoms with Gasteiger partial charge in [-0.3, -0.25) is 4.79 Å². The van der Waals surface area contributed by atoms with Crippen LogP contribution in [0.15, 0.2) is 51.9 Å². The van der Waals surface area contributed by atoms with Crippen LogP contribution in [0.5, 0.6) is 0 Å². The van der Waals surface area contributed by atoms with E-state index in [-0.39, 0.29) is 60.8 Å². The number of hydrogen-bond donors (Lipinski definition) is 0. The van der Waals surface area contributed by atoms with Crippen LogP contribution in [0, 0.1) is 18.6 Å². The first-order chi connectivity index (χ1) is 16.2. The van der Waals surface area contributed by atoms with Crippen molar-refractivity contribution in [3.05, 3.63) is 65.6 Å². The predicted octanol–water partition coefficient (Wildman–Crippen LogP) is 3.18. The summed E-state index contributed by atoms with van der Waals surface area (Å²) in [5.74, 6) is -0.513. The number of amides is 1. The van der Waals surface area contributed by atoms with Crippen LogP contribution in [0.3, 0.4) is 0 Å². The van der Waals surface area contributed by atoms with Crippen LogP contribution in [-0.4, -0.2) is 59.8 Å². The van der Waals surface area contributed by atoms with Gasteiger partial charge in [0.05, 0.1) is 4.90 Å². The summed E-state index contributed by atoms with van der Waals surface area (Å²) in [5.41, 5.74) is 0.999. The second-order valence-electron chi connectivity index (χ2n) is 8.07. The van der Waals surface area contributed by atoms with Crippen molar-refractivity contribution in [3.63, 3.8) is 0 Å². The fraction of sp³-hybridized carbons (Fsp3) is 0.348. The average Bonchev–Trinajstić information content (AvgIpc) is 3.14. The van der Waals surface area contributed by atoms with Crippen LogP contribution < -0.4 is 0 Å². The number of nitrogens with zero attached hydrogens (tertiary/aromatic N) is 4. The highest BCUT2D eigenvalue weighted by Crippen LogP contribution is 2.21. The highest BCUT2D eigenvalue weighted by Gasteiger charge is 2.28. The van der Waals surface area contributed by atoms with Gasteiger partial charge in [-0.2, -0.15) is 9.29 Å². The molecule has 1 aliphatic heterocycles. The van der Waals surface area contributed by atoms with Gasteiger partial charge >= 0.3 is 0 Å². The Bertz CT molecular complexity index is 1280. The Morgan fingerprint density at radius 2 is 1.82 bits per heavy atom. The molecule has 0 radical (unpaired) electrons. The quantitative estimate of drug-likeness (QED) is 0.527. The highest BCUT2D eigenvalue weighted by atomic mass is 32.2. The molecule has 4 rings (SSSR count). The molecule has 2 heterocycles. The standard InChI is InChI=1S/C23H24F2N4O4S/c1-16-3-4-17(15-20(16)25)23-26-21(33-27-23)9-10-22(30)28-11-2-12-29(14-13-28)34(31,32)19-7-5-18(24)6-8-19/h3-8,15H,2,9-14H2,1H3. The van der Waals surface area contributed by atoms with Crippen molar-refractivity contribution in [2.75, 3.05) is 26.2 Å². The average molecular weight is 491 g/mol. The molecule has 8 nitrogen and oxygen atoms in total. The van der Waals surface area contributed by atoms with E-state index < -0.39 is 15.8 Å². The molecule has 11 heteroatoms. The van der Waals surface area contributed by atoms with Gasteiger partial charge < -0.3 is 9.42 Å². The minimum absolute atomic E-state index is 0.0225. The molecule has 1 fully saturated rings. The van der Waals surface area contributed by atoms with Crippen LogP contribution >= 0.6 is 0 Å². The molecule has 180 valence electrons. The lowest BCUT2D eigenvalue weighted by atomic mass is 10.1. The highest BCUT2D eigenvalue weighted by molar-refractivity contribution is 7.89. The van der Waals surface area contributed by atoms with Crippen molar-refractivity contribution >= 4 is 15.9 Å². The van der Waals surface area contributed by atoms with Crippen molar-refractivity contribution < 1.29 is 26.5 Å². The first-order valence-electron chi connectivity index (χ1n) is 10.9. The molecule has 1 amide bonds. The lowest BCUT2D eigenvalue weighted by Gasteiger charge is -2.22. The van der Waals surface area contributed by atoms with Crippen molar-refractivity contribution in [1.29, 1.82) is 0 Å². The second kappa shape index (κ2) is 9.98. The summed E-state index contributed by atoms with van der Waals surface area (Å²) in [5, 5.41) is 3.86. The van der Waals surface area contributed by atoms with E-state index in [0.717, 1.165) is 12.1 Å². The number of carbonyl (C=O) groups is 1. The summed E-state index contributed by atoms with van der Waals surface area (Å²) in [7, 11) is -3.77. The van der Waals surface area contributed by atoms with Gasteiger partial charge in [0.1, 0.15) is 11.6 Å². The van der Waals surface area contributed by atoms with Gasteiger partial charge in [-0.25, -0.2) is 17.2 Å². The van der Waals surface area contributed by atoms with E-state index in [1.165, 1.54) is 22.5 Å². The molecule has 0 spiro atoms. The van der Waals surface area contributed by atoms with Gasteiger partial charge in [0.15, 0.2) is 0 Å². The molecule has 1 saturated heterocycles. The summed E-state index contributed by atoms with van der Waals surface area (Å²) in [6, 6.07) is 9.35. The van der Waals surface area contributed by atoms with E-state index in [2.05, 4.69) is 10.1 Å². The number of benzene rings is 2. The van der Waals surface area contributed by atoms with Gasteiger partial charge in [-0.15, -0.1) is 0 Å². The maximum absolute atomic E-state index is 13.8. The molecule has 0 bridgehead atoms. The Morgan fingerprint density at radius 3 is 2.56 bits per heavy atom. The van der Waals surface area contributed by atoms with E-state index in [1.54, 1.807) is 24.0 Å². The fourth-order valence-electron chi connectivity index (χ4n) is 3.72. The van der Waals surface area contributed by atoms with Crippen molar-refractivity contribution in [2.45, 2.75) is 31.1 Å². The van der Waals surface area contributed by atoms with Crippen molar-refractivity contribution in [1.82, 2.24) is 19.3 Å². The lowest BCUT2D eigenvalue weighted by Crippen LogP contribution is -2.37. The zero-order chi connectivity index (χ0) is 24.3. The third kappa shape index (κ3) is 5.31. The van der Waals surface area contributed by atoms with Crippen LogP contribution in [-0.2, 0) is 21.2 Å². The number of halogens is 2. The van der Waals surface area contributed by atoms with E-state index in [1.807, 2.05) is 0 Å². The van der Waals surface area contributed by atoms with Crippen LogP contribution in [0.1, 0.15) is 24.3 Å². The molecule has 0 unspecified atom stereocenters. The third-order valence-electron chi connectivity index (χ3n) is 5.71. The van der Waals surface area contributed by atoms with Crippen LogP contribution in [0.25, 0.3) is 11.4 Å². The van der Waals surface area contributed by atoms with Crippen molar-refractivity contribution in [3.8, 4) is 11.4 Å². The number of hydrogen-bond acceptors (Lipinski definition) is 6. The van der Waals surface area contributed by atoms with Crippen LogP contribution in [0.4, 0.5) is 8.78 Å². The molecule has 0 atom stereocenters. The molecule has 0 N–H and O–H groups in total. The number of aryl methyl sites for hydroxylation is 2. The minimum Gasteiger partial charge on any atom is -0.341 e. The lowest BCUT2D eigenvalue weighted by molar-refractivity contribution is -0.131. The van der Waals surface area contributed by atoms with E-state index in [4.69, 9.17) is 4.52 Å². The fourth-order valence-corrected chi connectivity index (χ4v) is 5.19. The summed E-state index contributed by atoms with van der Waals surface area (Å²) >= 11 is 0. The minimum atomic E-state index is -3.77. The third-order valence-corrected chi connectivity index (χ3v) is 7.62. The van der Waals surface area contributed by atoms with Gasteiger partial charge in [0.25, 0.3) is 0 Å². The summed E-state index contributed by atoms with van der Waals surface area (Å²) in [4.78, 5) is 18.6. The summed E-state index contributed by atoms with van der Waals surface area (Å²) < 4.78 is 59.2. The number of sulfonamides is 1. The molecule has 1 aromatic heterocycles. The predicted molar refractivity (Wildman–Crippen MR) is 119 cm³/mol. The van der Waals surface area contributed by atoms with Crippen molar-refractivity contribution in [2.24, 2.45) is 0 Å². The largest absolute Gasteiger partial charge is 0.341 e. The Labute approximate surface area is 196 Å². The second-order valence-corrected chi connectivity index (χ2v) is 10.0. The smallest absolute Gasteiger partial charge is 0.243 e. The van der Waals surface area contributed by atoms with Gasteiger partial charge in [0, 0.05) is 44.6 Å². The van der Waals surface area contributed by atoms with E-state index >= 15 is 0 Å². The van der Waals surface area contributed by atoms with Gasteiger partial charge in [-0.1, -0.05) is 17.3 Å². The zero-order valence-electron chi connectivity index (χ0n) is 18.6. The maximum Gasteiger partial charge on any atom is 0.243 e. The monoisotopic (exact) mass is 490 g/mol. The Balaban J connectivity index is 1.33. The topological polar surface area (TPSA) is 96.6 Å². The van der Waals surface area contributed by atoms with E-state index in [0.29, 0.717) is 24.1 Å².